The van der Waals surface area contributed by atoms with Crippen molar-refractivity contribution < 1.29 is 4.79 Å². The lowest BCUT2D eigenvalue weighted by atomic mass is 10.1. The summed E-state index contributed by atoms with van der Waals surface area (Å²) in [4.78, 5) is 16.3. The van der Waals surface area contributed by atoms with Crippen molar-refractivity contribution in [2.24, 2.45) is 0 Å². The first-order valence-corrected chi connectivity index (χ1v) is 8.13. The number of pyridine rings is 1. The Morgan fingerprint density at radius 3 is 2.68 bits per heavy atom. The Kier molecular flexibility index (Phi) is 5.95. The van der Waals surface area contributed by atoms with Crippen LogP contribution in [0.25, 0.3) is 0 Å². The summed E-state index contributed by atoms with van der Waals surface area (Å²) < 4.78 is 0.936. The number of anilines is 2. The molecule has 116 valence electrons. The highest BCUT2D eigenvalue weighted by atomic mass is 79.9. The largest absolute Gasteiger partial charge is 0.381 e. The van der Waals surface area contributed by atoms with Crippen LogP contribution in [-0.4, -0.2) is 16.9 Å². The van der Waals surface area contributed by atoms with E-state index >= 15 is 0 Å². The van der Waals surface area contributed by atoms with Crippen LogP contribution in [0, 0.1) is 0 Å². The van der Waals surface area contributed by atoms with Crippen molar-refractivity contribution in [2.45, 2.75) is 32.7 Å². The second-order valence-corrected chi connectivity index (χ2v) is 6.06. The molecule has 1 unspecified atom stereocenters. The standard InChI is InChI=1S/C17H20BrN3O/c1-3-12(2)20-14-8-9-16(19-11-14)21-17(22)10-13-6-4-5-7-15(13)18/h4-9,11-12,20H,3,10H2,1-2H3,(H,19,21,22). The molecule has 0 radical (unpaired) electrons. The number of carbonyl (C=O) groups excluding carboxylic acids is 1. The van der Waals surface area contributed by atoms with E-state index < -0.39 is 0 Å². The highest BCUT2D eigenvalue weighted by Crippen LogP contribution is 2.17. The highest BCUT2D eigenvalue weighted by molar-refractivity contribution is 9.10. The molecule has 0 aliphatic carbocycles. The molecule has 0 aliphatic rings. The van der Waals surface area contributed by atoms with Gasteiger partial charge in [-0.1, -0.05) is 41.1 Å². The molecule has 22 heavy (non-hydrogen) atoms. The molecule has 1 aromatic heterocycles. The molecule has 4 nitrogen and oxygen atoms in total. The molecule has 1 aromatic carbocycles. The summed E-state index contributed by atoms with van der Waals surface area (Å²) in [5.74, 6) is 0.480. The Bertz CT molecular complexity index is 628. The number of aromatic nitrogens is 1. The van der Waals surface area contributed by atoms with Gasteiger partial charge in [-0.05, 0) is 37.1 Å². The van der Waals surface area contributed by atoms with Gasteiger partial charge in [0.25, 0.3) is 0 Å². The lowest BCUT2D eigenvalue weighted by molar-refractivity contribution is -0.115. The second kappa shape index (κ2) is 7.94. The number of hydrogen-bond acceptors (Lipinski definition) is 3. The zero-order valence-electron chi connectivity index (χ0n) is 12.8. The summed E-state index contributed by atoms with van der Waals surface area (Å²) >= 11 is 3.45. The molecule has 2 N–H and O–H groups in total. The zero-order chi connectivity index (χ0) is 15.9. The van der Waals surface area contributed by atoms with Gasteiger partial charge in [0.2, 0.25) is 5.91 Å². The second-order valence-electron chi connectivity index (χ2n) is 5.20. The minimum atomic E-state index is -0.0814. The van der Waals surface area contributed by atoms with Gasteiger partial charge in [0.1, 0.15) is 5.82 Å². The van der Waals surface area contributed by atoms with E-state index in [1.54, 1.807) is 6.20 Å². The van der Waals surface area contributed by atoms with Gasteiger partial charge in [-0.3, -0.25) is 4.79 Å². The first-order chi connectivity index (χ1) is 10.6. The number of nitrogens with zero attached hydrogens (tertiary/aromatic N) is 1. The topological polar surface area (TPSA) is 54.0 Å². The molecule has 1 heterocycles. The average molecular weight is 362 g/mol. The molecule has 0 aliphatic heterocycles. The fourth-order valence-corrected chi connectivity index (χ4v) is 2.37. The third-order valence-electron chi connectivity index (χ3n) is 3.37. The molecule has 0 saturated carbocycles. The zero-order valence-corrected chi connectivity index (χ0v) is 14.4. The first-order valence-electron chi connectivity index (χ1n) is 7.34. The summed E-state index contributed by atoms with van der Waals surface area (Å²) in [7, 11) is 0. The summed E-state index contributed by atoms with van der Waals surface area (Å²) in [6.07, 6.45) is 3.10. The number of amides is 1. The van der Waals surface area contributed by atoms with E-state index in [-0.39, 0.29) is 5.91 Å². The Morgan fingerprint density at radius 1 is 1.27 bits per heavy atom. The van der Waals surface area contributed by atoms with Crippen LogP contribution in [0.2, 0.25) is 0 Å². The number of nitrogens with one attached hydrogen (secondary N) is 2. The van der Waals surface area contributed by atoms with E-state index in [0.717, 1.165) is 22.1 Å². The SMILES string of the molecule is CCC(C)Nc1ccc(NC(=O)Cc2ccccc2Br)nc1. The predicted octanol–water partition coefficient (Wildman–Crippen LogP) is 4.24. The Labute approximate surface area is 139 Å². The quantitative estimate of drug-likeness (QED) is 0.808. The molecule has 1 atom stereocenters. The van der Waals surface area contributed by atoms with Crippen molar-refractivity contribution in [3.05, 3.63) is 52.6 Å². The molecule has 1 amide bonds. The molecule has 0 fully saturated rings. The molecule has 5 heteroatoms. The maximum Gasteiger partial charge on any atom is 0.229 e. The van der Waals surface area contributed by atoms with E-state index in [2.05, 4.69) is 45.4 Å². The average Bonchev–Trinajstić information content (AvgIpc) is 2.51. The van der Waals surface area contributed by atoms with Gasteiger partial charge in [0.15, 0.2) is 0 Å². The van der Waals surface area contributed by atoms with Gasteiger partial charge in [0.05, 0.1) is 18.3 Å². The number of rotatable bonds is 6. The van der Waals surface area contributed by atoms with Gasteiger partial charge in [-0.2, -0.15) is 0 Å². The van der Waals surface area contributed by atoms with E-state index in [1.165, 1.54) is 0 Å². The minimum absolute atomic E-state index is 0.0814. The summed E-state index contributed by atoms with van der Waals surface area (Å²) in [6, 6.07) is 11.8. The summed E-state index contributed by atoms with van der Waals surface area (Å²) in [5.41, 5.74) is 1.91. The van der Waals surface area contributed by atoms with Gasteiger partial charge in [-0.15, -0.1) is 0 Å². The number of carbonyl (C=O) groups is 1. The van der Waals surface area contributed by atoms with Crippen molar-refractivity contribution in [1.29, 1.82) is 0 Å². The number of benzene rings is 1. The van der Waals surface area contributed by atoms with E-state index in [1.807, 2.05) is 36.4 Å². The first kappa shape index (κ1) is 16.5. The van der Waals surface area contributed by atoms with Crippen LogP contribution in [0.15, 0.2) is 47.1 Å². The van der Waals surface area contributed by atoms with Crippen LogP contribution >= 0.6 is 15.9 Å². The smallest absolute Gasteiger partial charge is 0.229 e. The lowest BCUT2D eigenvalue weighted by Crippen LogP contribution is -2.16. The van der Waals surface area contributed by atoms with E-state index in [0.29, 0.717) is 18.3 Å². The number of hydrogen-bond donors (Lipinski definition) is 2. The van der Waals surface area contributed by atoms with Crippen LogP contribution < -0.4 is 10.6 Å². The van der Waals surface area contributed by atoms with Gasteiger partial charge >= 0.3 is 0 Å². The molecular formula is C17H20BrN3O. The lowest BCUT2D eigenvalue weighted by Gasteiger charge is -2.13. The van der Waals surface area contributed by atoms with Crippen molar-refractivity contribution in [1.82, 2.24) is 4.98 Å². The van der Waals surface area contributed by atoms with Crippen LogP contribution in [0.1, 0.15) is 25.8 Å². The van der Waals surface area contributed by atoms with Gasteiger partial charge in [0, 0.05) is 10.5 Å². The van der Waals surface area contributed by atoms with Crippen LogP contribution in [0.3, 0.4) is 0 Å². The van der Waals surface area contributed by atoms with Crippen LogP contribution in [0.4, 0.5) is 11.5 Å². The fraction of sp³-hybridized carbons (Fsp3) is 0.294. The van der Waals surface area contributed by atoms with Crippen molar-refractivity contribution in [3.63, 3.8) is 0 Å². The fourth-order valence-electron chi connectivity index (χ4n) is 1.94. The van der Waals surface area contributed by atoms with E-state index in [4.69, 9.17) is 0 Å². The Hall–Kier alpha value is -1.88. The summed E-state index contributed by atoms with van der Waals surface area (Å²) in [5, 5.41) is 6.15. The molecular weight excluding hydrogens is 342 g/mol. The van der Waals surface area contributed by atoms with Gasteiger partial charge in [-0.25, -0.2) is 4.98 Å². The van der Waals surface area contributed by atoms with E-state index in [9.17, 15) is 4.79 Å². The van der Waals surface area contributed by atoms with Gasteiger partial charge < -0.3 is 10.6 Å². The molecule has 2 rings (SSSR count). The molecule has 0 spiro atoms. The molecule has 0 saturated heterocycles. The predicted molar refractivity (Wildman–Crippen MR) is 94.1 cm³/mol. The Balaban J connectivity index is 1.93. The third kappa shape index (κ3) is 4.84. The van der Waals surface area contributed by atoms with Crippen LogP contribution in [0.5, 0.6) is 0 Å². The summed E-state index contributed by atoms with van der Waals surface area (Å²) in [6.45, 7) is 4.24. The maximum atomic E-state index is 12.1. The monoisotopic (exact) mass is 361 g/mol. The van der Waals surface area contributed by atoms with Crippen molar-refractivity contribution in [2.75, 3.05) is 10.6 Å². The third-order valence-corrected chi connectivity index (χ3v) is 4.14. The van der Waals surface area contributed by atoms with Crippen LogP contribution in [-0.2, 0) is 11.2 Å². The maximum absolute atomic E-state index is 12.1. The molecule has 0 bridgehead atoms. The number of halogens is 1. The normalized spacial score (nSPS) is 11.8. The highest BCUT2D eigenvalue weighted by Gasteiger charge is 2.07. The Morgan fingerprint density at radius 2 is 2.05 bits per heavy atom. The minimum Gasteiger partial charge on any atom is -0.381 e. The molecule has 2 aromatic rings. The van der Waals surface area contributed by atoms with Crippen molar-refractivity contribution >= 4 is 33.3 Å². The van der Waals surface area contributed by atoms with Crippen molar-refractivity contribution in [3.8, 4) is 0 Å².